The van der Waals surface area contributed by atoms with Gasteiger partial charge in [0.2, 0.25) is 10.0 Å². The molecule has 0 saturated carbocycles. The number of esters is 1. The molecule has 1 aromatic rings. The lowest BCUT2D eigenvalue weighted by Crippen LogP contribution is -2.37. The summed E-state index contributed by atoms with van der Waals surface area (Å²) in [6.07, 6.45) is 7.45. The van der Waals surface area contributed by atoms with Crippen LogP contribution in [0.3, 0.4) is 0 Å². The third-order valence-corrected chi connectivity index (χ3v) is 9.07. The van der Waals surface area contributed by atoms with Crippen LogP contribution < -0.4 is 9.46 Å². The van der Waals surface area contributed by atoms with E-state index in [0.29, 0.717) is 29.2 Å². The van der Waals surface area contributed by atoms with Gasteiger partial charge in [-0.05, 0) is 122 Å². The highest BCUT2D eigenvalue weighted by Gasteiger charge is 2.34. The summed E-state index contributed by atoms with van der Waals surface area (Å²) in [6.45, 7) is 23.8. The van der Waals surface area contributed by atoms with E-state index < -0.39 is 27.6 Å². The van der Waals surface area contributed by atoms with E-state index in [-0.39, 0.29) is 17.5 Å². The highest BCUT2D eigenvalue weighted by atomic mass is 32.2. The standard InChI is InChI=1S/C32H53NO5S/c1-20(2)13-14-25(30(34)38-31(8,9)10)15-16-26(19-21(3)4)33-39(35,36)29-23(6)22(5)28-27(24(29)7)17-18-32(11,12)37-28/h15-16,20-21,25-26,33H,13-14,17-19H2,1-12H3/b16-15+/t25-,26-/m1/s1. The lowest BCUT2D eigenvalue weighted by molar-refractivity contribution is -0.158. The van der Waals surface area contributed by atoms with Crippen molar-refractivity contribution in [3.8, 4) is 5.75 Å². The zero-order valence-electron chi connectivity index (χ0n) is 26.4. The van der Waals surface area contributed by atoms with Crippen LogP contribution in [0, 0.1) is 38.5 Å². The second kappa shape index (κ2) is 12.8. The SMILES string of the molecule is Cc1c(C)c(S(=O)(=O)N[C@H](/C=C/[C@@H](CCC(C)C)C(=O)OC(C)(C)C)CC(C)C)c(C)c2c1OC(C)(C)CC2. The molecule has 39 heavy (non-hydrogen) atoms. The van der Waals surface area contributed by atoms with E-state index >= 15 is 0 Å². The molecule has 0 saturated heterocycles. The third kappa shape index (κ3) is 9.34. The Morgan fingerprint density at radius 3 is 2.15 bits per heavy atom. The van der Waals surface area contributed by atoms with Crippen molar-refractivity contribution in [3.63, 3.8) is 0 Å². The summed E-state index contributed by atoms with van der Waals surface area (Å²) in [7, 11) is -3.85. The molecule has 7 heteroatoms. The number of sulfonamides is 1. The van der Waals surface area contributed by atoms with E-state index in [0.717, 1.165) is 41.7 Å². The van der Waals surface area contributed by atoms with Gasteiger partial charge >= 0.3 is 5.97 Å². The molecule has 1 heterocycles. The quantitative estimate of drug-likeness (QED) is 0.225. The molecule has 1 N–H and O–H groups in total. The van der Waals surface area contributed by atoms with Gasteiger partial charge in [-0.3, -0.25) is 4.79 Å². The van der Waals surface area contributed by atoms with Gasteiger partial charge < -0.3 is 9.47 Å². The zero-order valence-corrected chi connectivity index (χ0v) is 27.3. The molecule has 0 aromatic heterocycles. The van der Waals surface area contributed by atoms with Crippen LogP contribution in [0.1, 0.15) is 110 Å². The number of carbonyl (C=O) groups is 1. The Morgan fingerprint density at radius 1 is 1.00 bits per heavy atom. The zero-order chi connectivity index (χ0) is 29.9. The largest absolute Gasteiger partial charge is 0.487 e. The van der Waals surface area contributed by atoms with Crippen molar-refractivity contribution in [2.75, 3.05) is 0 Å². The summed E-state index contributed by atoms with van der Waals surface area (Å²) >= 11 is 0. The highest BCUT2D eigenvalue weighted by molar-refractivity contribution is 7.89. The number of carbonyl (C=O) groups excluding carboxylic acids is 1. The van der Waals surface area contributed by atoms with E-state index in [1.54, 1.807) is 0 Å². The number of rotatable bonds is 11. The number of fused-ring (bicyclic) bond motifs is 1. The Balaban J connectivity index is 2.44. The molecular formula is C32H53NO5S. The molecule has 2 rings (SSSR count). The topological polar surface area (TPSA) is 81.7 Å². The average molecular weight is 564 g/mol. The molecule has 6 nitrogen and oxygen atoms in total. The number of hydrogen-bond acceptors (Lipinski definition) is 5. The van der Waals surface area contributed by atoms with Crippen LogP contribution in [-0.4, -0.2) is 31.6 Å². The fourth-order valence-corrected chi connectivity index (χ4v) is 6.91. The molecular weight excluding hydrogens is 510 g/mol. The van der Waals surface area contributed by atoms with Crippen LogP contribution in [0.25, 0.3) is 0 Å². The van der Waals surface area contributed by atoms with E-state index in [4.69, 9.17) is 9.47 Å². The van der Waals surface area contributed by atoms with Crippen LogP contribution in [0.5, 0.6) is 5.75 Å². The van der Waals surface area contributed by atoms with Crippen molar-refractivity contribution in [2.45, 2.75) is 137 Å². The number of hydrogen-bond donors (Lipinski definition) is 1. The maximum absolute atomic E-state index is 13.9. The third-order valence-electron chi connectivity index (χ3n) is 7.31. The first kappa shape index (κ1) is 33.3. The van der Waals surface area contributed by atoms with E-state index in [2.05, 4.69) is 46.3 Å². The molecule has 222 valence electrons. The van der Waals surface area contributed by atoms with Gasteiger partial charge in [-0.2, -0.15) is 0 Å². The predicted octanol–water partition coefficient (Wildman–Crippen LogP) is 7.36. The Bertz CT molecular complexity index is 1160. The first-order chi connectivity index (χ1) is 17.7. The lowest BCUT2D eigenvalue weighted by Gasteiger charge is -2.35. The molecule has 0 bridgehead atoms. The van der Waals surface area contributed by atoms with E-state index in [9.17, 15) is 13.2 Å². The molecule has 1 aliphatic heterocycles. The molecule has 0 spiro atoms. The Morgan fingerprint density at radius 2 is 1.62 bits per heavy atom. The van der Waals surface area contributed by atoms with Crippen molar-refractivity contribution < 1.29 is 22.7 Å². The first-order valence-corrected chi connectivity index (χ1v) is 16.0. The van der Waals surface area contributed by atoms with E-state index in [1.165, 1.54) is 0 Å². The average Bonchev–Trinajstić information content (AvgIpc) is 2.74. The van der Waals surface area contributed by atoms with Gasteiger partial charge in [-0.15, -0.1) is 0 Å². The molecule has 0 radical (unpaired) electrons. The van der Waals surface area contributed by atoms with Crippen LogP contribution >= 0.6 is 0 Å². The monoisotopic (exact) mass is 563 g/mol. The normalized spacial score (nSPS) is 17.3. The summed E-state index contributed by atoms with van der Waals surface area (Å²) in [5.74, 6) is 0.817. The summed E-state index contributed by atoms with van der Waals surface area (Å²) in [6, 6.07) is -0.454. The predicted molar refractivity (Wildman–Crippen MR) is 160 cm³/mol. The smallest absolute Gasteiger partial charge is 0.313 e. The fraction of sp³-hybridized carbons (Fsp3) is 0.719. The fourth-order valence-electron chi connectivity index (χ4n) is 5.13. The van der Waals surface area contributed by atoms with Crippen LogP contribution in [-0.2, 0) is 26.0 Å². The maximum Gasteiger partial charge on any atom is 0.313 e. The molecule has 1 aliphatic rings. The van der Waals surface area contributed by atoms with Gasteiger partial charge in [-0.1, -0.05) is 39.8 Å². The number of ether oxygens (including phenoxy) is 2. The van der Waals surface area contributed by atoms with Crippen molar-refractivity contribution >= 4 is 16.0 Å². The molecule has 0 amide bonds. The van der Waals surface area contributed by atoms with Crippen molar-refractivity contribution in [2.24, 2.45) is 17.8 Å². The van der Waals surface area contributed by atoms with Crippen molar-refractivity contribution in [1.82, 2.24) is 4.72 Å². The van der Waals surface area contributed by atoms with Crippen LogP contribution in [0.2, 0.25) is 0 Å². The van der Waals surface area contributed by atoms with Gasteiger partial charge in [0.15, 0.2) is 0 Å². The summed E-state index contributed by atoms with van der Waals surface area (Å²) in [5.41, 5.74) is 2.46. The number of benzene rings is 1. The second-order valence-corrected chi connectivity index (χ2v) is 15.4. The summed E-state index contributed by atoms with van der Waals surface area (Å²) in [4.78, 5) is 13.3. The summed E-state index contributed by atoms with van der Waals surface area (Å²) < 4.78 is 42.8. The van der Waals surface area contributed by atoms with Gasteiger partial charge in [0, 0.05) is 6.04 Å². The van der Waals surface area contributed by atoms with Gasteiger partial charge in [0.05, 0.1) is 10.8 Å². The Labute approximate surface area is 238 Å². The minimum Gasteiger partial charge on any atom is -0.487 e. The highest BCUT2D eigenvalue weighted by Crippen LogP contribution is 2.42. The van der Waals surface area contributed by atoms with Crippen molar-refractivity contribution in [1.29, 1.82) is 0 Å². The maximum atomic E-state index is 13.9. The molecule has 0 aliphatic carbocycles. The molecule has 1 aromatic carbocycles. The Hall–Kier alpha value is -1.86. The second-order valence-electron chi connectivity index (χ2n) is 13.7. The van der Waals surface area contributed by atoms with Gasteiger partial charge in [-0.25, -0.2) is 13.1 Å². The van der Waals surface area contributed by atoms with Crippen LogP contribution in [0.4, 0.5) is 0 Å². The van der Waals surface area contributed by atoms with Crippen molar-refractivity contribution in [3.05, 3.63) is 34.4 Å². The van der Waals surface area contributed by atoms with Crippen LogP contribution in [0.15, 0.2) is 17.0 Å². The lowest BCUT2D eigenvalue weighted by atomic mass is 9.88. The van der Waals surface area contributed by atoms with E-state index in [1.807, 2.05) is 53.7 Å². The molecule has 0 fully saturated rings. The molecule has 0 unspecified atom stereocenters. The minimum absolute atomic E-state index is 0.251. The van der Waals surface area contributed by atoms with Gasteiger partial charge in [0.1, 0.15) is 17.0 Å². The number of nitrogens with one attached hydrogen (secondary N) is 1. The van der Waals surface area contributed by atoms with Gasteiger partial charge in [0.25, 0.3) is 0 Å². The Kier molecular flexibility index (Phi) is 10.9. The summed E-state index contributed by atoms with van der Waals surface area (Å²) in [5, 5.41) is 0. The molecule has 2 atom stereocenters. The minimum atomic E-state index is -3.85. The first-order valence-electron chi connectivity index (χ1n) is 14.5.